The summed E-state index contributed by atoms with van der Waals surface area (Å²) in [5.74, 6) is 0. The van der Waals surface area contributed by atoms with E-state index in [4.69, 9.17) is 0 Å². The first-order chi connectivity index (χ1) is 7.10. The molecular weight excluding hydrogens is 186 g/mol. The first-order valence-electron chi connectivity index (χ1n) is 5.54. The Labute approximate surface area is 91.3 Å². The van der Waals surface area contributed by atoms with Crippen LogP contribution in [0.5, 0.6) is 0 Å². The van der Waals surface area contributed by atoms with E-state index in [2.05, 4.69) is 19.2 Å². The van der Waals surface area contributed by atoms with Gasteiger partial charge in [-0.15, -0.1) is 0 Å². The van der Waals surface area contributed by atoms with E-state index >= 15 is 0 Å². The zero-order valence-corrected chi connectivity index (χ0v) is 9.46. The van der Waals surface area contributed by atoms with Crippen molar-refractivity contribution < 1.29 is 5.11 Å². The van der Waals surface area contributed by atoms with E-state index in [-0.39, 0.29) is 17.6 Å². The van der Waals surface area contributed by atoms with Crippen LogP contribution in [0.4, 0.5) is 5.69 Å². The monoisotopic (exact) mass is 205 g/mol. The summed E-state index contributed by atoms with van der Waals surface area (Å²) < 4.78 is 0. The molecule has 2 nitrogen and oxygen atoms in total. The Morgan fingerprint density at radius 1 is 1.33 bits per heavy atom. The van der Waals surface area contributed by atoms with Crippen molar-refractivity contribution in [2.45, 2.75) is 32.2 Å². The largest absolute Gasteiger partial charge is 0.394 e. The van der Waals surface area contributed by atoms with Gasteiger partial charge in [-0.3, -0.25) is 0 Å². The maximum Gasteiger partial charge on any atom is 0.0664 e. The Morgan fingerprint density at radius 3 is 2.40 bits per heavy atom. The van der Waals surface area contributed by atoms with Crippen LogP contribution < -0.4 is 5.32 Å². The van der Waals surface area contributed by atoms with Crippen LogP contribution in [0.25, 0.3) is 0 Å². The summed E-state index contributed by atoms with van der Waals surface area (Å²) >= 11 is 0. The summed E-state index contributed by atoms with van der Waals surface area (Å²) in [4.78, 5) is 0. The SMILES string of the molecule is CC1(C(C)(CO)Nc2ccccc2)CC1. The Kier molecular flexibility index (Phi) is 2.47. The van der Waals surface area contributed by atoms with Crippen molar-refractivity contribution in [3.05, 3.63) is 30.3 Å². The van der Waals surface area contributed by atoms with Crippen LogP contribution in [0.1, 0.15) is 26.7 Å². The lowest BCUT2D eigenvalue weighted by molar-refractivity contribution is 0.167. The number of para-hydroxylation sites is 1. The molecule has 1 unspecified atom stereocenters. The van der Waals surface area contributed by atoms with Gasteiger partial charge in [0, 0.05) is 5.69 Å². The minimum Gasteiger partial charge on any atom is -0.394 e. The lowest BCUT2D eigenvalue weighted by Gasteiger charge is -2.36. The van der Waals surface area contributed by atoms with Gasteiger partial charge in [-0.2, -0.15) is 0 Å². The van der Waals surface area contributed by atoms with Gasteiger partial charge in [0.15, 0.2) is 0 Å². The Morgan fingerprint density at radius 2 is 1.93 bits per heavy atom. The molecule has 15 heavy (non-hydrogen) atoms. The molecule has 82 valence electrons. The van der Waals surface area contributed by atoms with Crippen LogP contribution in [0, 0.1) is 5.41 Å². The Hall–Kier alpha value is -1.02. The molecule has 1 atom stereocenters. The second-order valence-electron chi connectivity index (χ2n) is 5.04. The molecule has 2 N–H and O–H groups in total. The lowest BCUT2D eigenvalue weighted by Crippen LogP contribution is -2.46. The number of anilines is 1. The van der Waals surface area contributed by atoms with Crippen molar-refractivity contribution in [1.82, 2.24) is 0 Å². The van der Waals surface area contributed by atoms with Crippen LogP contribution in [0.2, 0.25) is 0 Å². The fourth-order valence-corrected chi connectivity index (χ4v) is 1.96. The standard InChI is InChI=1S/C13H19NO/c1-12(8-9-12)13(2,10-15)14-11-6-4-3-5-7-11/h3-7,14-15H,8-10H2,1-2H3. The zero-order valence-electron chi connectivity index (χ0n) is 9.46. The van der Waals surface area contributed by atoms with Gasteiger partial charge in [0.1, 0.15) is 0 Å². The average Bonchev–Trinajstić information content (AvgIpc) is 2.99. The molecule has 1 aliphatic rings. The maximum atomic E-state index is 9.56. The van der Waals surface area contributed by atoms with Crippen molar-refractivity contribution in [3.63, 3.8) is 0 Å². The summed E-state index contributed by atoms with van der Waals surface area (Å²) in [6.45, 7) is 4.52. The van der Waals surface area contributed by atoms with Gasteiger partial charge < -0.3 is 10.4 Å². The van der Waals surface area contributed by atoms with Gasteiger partial charge in [0.25, 0.3) is 0 Å². The molecule has 0 bridgehead atoms. The third-order valence-electron chi connectivity index (χ3n) is 3.84. The summed E-state index contributed by atoms with van der Waals surface area (Å²) in [6, 6.07) is 10.1. The molecule has 0 spiro atoms. The Bertz CT molecular complexity index is 332. The van der Waals surface area contributed by atoms with E-state index in [9.17, 15) is 5.11 Å². The number of hydrogen-bond donors (Lipinski definition) is 2. The highest BCUT2D eigenvalue weighted by Gasteiger charge is 2.52. The molecule has 0 amide bonds. The van der Waals surface area contributed by atoms with Crippen molar-refractivity contribution in [2.75, 3.05) is 11.9 Å². The lowest BCUT2D eigenvalue weighted by atomic mass is 9.84. The summed E-state index contributed by atoms with van der Waals surface area (Å²) in [5.41, 5.74) is 1.13. The summed E-state index contributed by atoms with van der Waals surface area (Å²) in [7, 11) is 0. The van der Waals surface area contributed by atoms with E-state index in [0.717, 1.165) is 5.69 Å². The highest BCUT2D eigenvalue weighted by molar-refractivity contribution is 5.46. The molecule has 1 fully saturated rings. The van der Waals surface area contributed by atoms with Gasteiger partial charge in [0.2, 0.25) is 0 Å². The molecular formula is C13H19NO. The Balaban J connectivity index is 2.15. The van der Waals surface area contributed by atoms with E-state index in [1.165, 1.54) is 12.8 Å². The topological polar surface area (TPSA) is 32.3 Å². The number of hydrogen-bond acceptors (Lipinski definition) is 2. The highest BCUT2D eigenvalue weighted by Crippen LogP contribution is 2.54. The van der Waals surface area contributed by atoms with Crippen molar-refractivity contribution in [2.24, 2.45) is 5.41 Å². The van der Waals surface area contributed by atoms with Gasteiger partial charge in [-0.1, -0.05) is 25.1 Å². The summed E-state index contributed by atoms with van der Waals surface area (Å²) in [6.07, 6.45) is 2.40. The molecule has 0 aromatic heterocycles. The molecule has 1 aliphatic carbocycles. The minimum absolute atomic E-state index is 0.179. The van der Waals surface area contributed by atoms with Crippen LogP contribution in [0.15, 0.2) is 30.3 Å². The minimum atomic E-state index is -0.200. The molecule has 0 aliphatic heterocycles. The van der Waals surface area contributed by atoms with Gasteiger partial charge in [-0.05, 0) is 37.3 Å². The first kappa shape index (κ1) is 10.5. The van der Waals surface area contributed by atoms with E-state index in [1.807, 2.05) is 30.3 Å². The third-order valence-corrected chi connectivity index (χ3v) is 3.84. The molecule has 0 heterocycles. The smallest absolute Gasteiger partial charge is 0.0664 e. The number of rotatable bonds is 4. The van der Waals surface area contributed by atoms with Crippen LogP contribution in [0.3, 0.4) is 0 Å². The number of nitrogens with one attached hydrogen (secondary N) is 1. The average molecular weight is 205 g/mol. The van der Waals surface area contributed by atoms with Crippen molar-refractivity contribution in [3.8, 4) is 0 Å². The highest BCUT2D eigenvalue weighted by atomic mass is 16.3. The van der Waals surface area contributed by atoms with E-state index in [0.29, 0.717) is 0 Å². The molecule has 0 saturated heterocycles. The molecule has 2 heteroatoms. The van der Waals surface area contributed by atoms with Gasteiger partial charge in [0.05, 0.1) is 12.1 Å². The fraction of sp³-hybridized carbons (Fsp3) is 0.538. The molecule has 1 aromatic rings. The maximum absolute atomic E-state index is 9.56. The molecule has 1 saturated carbocycles. The second kappa shape index (κ2) is 3.53. The normalized spacial score (nSPS) is 21.8. The zero-order chi connectivity index (χ0) is 10.9. The second-order valence-corrected chi connectivity index (χ2v) is 5.04. The quantitative estimate of drug-likeness (QED) is 0.792. The van der Waals surface area contributed by atoms with Crippen molar-refractivity contribution >= 4 is 5.69 Å². The molecule has 1 aromatic carbocycles. The van der Waals surface area contributed by atoms with Crippen molar-refractivity contribution in [1.29, 1.82) is 0 Å². The van der Waals surface area contributed by atoms with Gasteiger partial charge >= 0.3 is 0 Å². The first-order valence-corrected chi connectivity index (χ1v) is 5.54. The van der Waals surface area contributed by atoms with E-state index < -0.39 is 0 Å². The molecule has 2 rings (SSSR count). The third kappa shape index (κ3) is 1.86. The van der Waals surface area contributed by atoms with Gasteiger partial charge in [-0.25, -0.2) is 0 Å². The van der Waals surface area contributed by atoms with Crippen LogP contribution in [-0.4, -0.2) is 17.3 Å². The molecule has 0 radical (unpaired) electrons. The number of benzene rings is 1. The number of aliphatic hydroxyl groups is 1. The fourth-order valence-electron chi connectivity index (χ4n) is 1.96. The summed E-state index contributed by atoms with van der Waals surface area (Å²) in [5, 5.41) is 13.0. The predicted octanol–water partition coefficient (Wildman–Crippen LogP) is 2.65. The number of aliphatic hydroxyl groups excluding tert-OH is 1. The predicted molar refractivity (Wildman–Crippen MR) is 62.9 cm³/mol. The van der Waals surface area contributed by atoms with Crippen LogP contribution in [-0.2, 0) is 0 Å². The van der Waals surface area contributed by atoms with E-state index in [1.54, 1.807) is 0 Å². The van der Waals surface area contributed by atoms with Crippen LogP contribution >= 0.6 is 0 Å².